The van der Waals surface area contributed by atoms with Crippen LogP contribution in [-0.4, -0.2) is 19.5 Å². The van der Waals surface area contributed by atoms with Gasteiger partial charge < -0.3 is 4.57 Å². The first-order valence-corrected chi connectivity index (χ1v) is 7.01. The lowest BCUT2D eigenvalue weighted by Crippen LogP contribution is -2.04. The maximum absolute atomic E-state index is 4.42. The molecule has 0 spiro atoms. The van der Waals surface area contributed by atoms with Crippen molar-refractivity contribution in [2.24, 2.45) is 0 Å². The van der Waals surface area contributed by atoms with Gasteiger partial charge in [0.05, 0.1) is 5.75 Å². The van der Waals surface area contributed by atoms with E-state index in [4.69, 9.17) is 0 Å². The zero-order valence-electron chi connectivity index (χ0n) is 11.2. The molecule has 0 bridgehead atoms. The molecule has 2 aromatic rings. The Morgan fingerprint density at radius 3 is 2.50 bits per heavy atom. The van der Waals surface area contributed by atoms with Gasteiger partial charge in [0.2, 0.25) is 0 Å². The van der Waals surface area contributed by atoms with Gasteiger partial charge in [-0.05, 0) is 33.8 Å². The predicted molar refractivity (Wildman–Crippen MR) is 73.7 cm³/mol. The Hall–Kier alpha value is -1.36. The number of hydrogen-bond donors (Lipinski definition) is 0. The van der Waals surface area contributed by atoms with Crippen molar-refractivity contribution in [1.29, 1.82) is 0 Å². The van der Waals surface area contributed by atoms with Gasteiger partial charge in [-0.1, -0.05) is 11.8 Å². The average molecular weight is 262 g/mol. The summed E-state index contributed by atoms with van der Waals surface area (Å²) in [5, 5.41) is 0.825. The quantitative estimate of drug-likeness (QED) is 0.627. The molecule has 2 heterocycles. The molecule has 0 fully saturated rings. The molecule has 0 N–H and O–H groups in total. The van der Waals surface area contributed by atoms with Crippen molar-refractivity contribution in [3.05, 3.63) is 35.7 Å². The van der Waals surface area contributed by atoms with E-state index in [9.17, 15) is 0 Å². The number of thioether (sulfide) groups is 1. The highest BCUT2D eigenvalue weighted by Gasteiger charge is 2.08. The van der Waals surface area contributed by atoms with Crippen LogP contribution in [0.1, 0.15) is 37.1 Å². The van der Waals surface area contributed by atoms with Crippen LogP contribution in [0.2, 0.25) is 0 Å². The first kappa shape index (κ1) is 13.1. The maximum atomic E-state index is 4.42. The number of imidazole rings is 1. The Morgan fingerprint density at radius 2 is 1.89 bits per heavy atom. The molecule has 4 nitrogen and oxygen atoms in total. The molecule has 0 atom stereocenters. The second-order valence-corrected chi connectivity index (χ2v) is 5.51. The Labute approximate surface area is 112 Å². The lowest BCUT2D eigenvalue weighted by molar-refractivity contribution is 0.580. The largest absolute Gasteiger partial charge is 0.332 e. The van der Waals surface area contributed by atoms with Gasteiger partial charge >= 0.3 is 0 Å². The van der Waals surface area contributed by atoms with Gasteiger partial charge in [-0.2, -0.15) is 0 Å². The minimum absolute atomic E-state index is 0.434. The lowest BCUT2D eigenvalue weighted by atomic mass is 10.4. The molecule has 0 unspecified atom stereocenters. The van der Waals surface area contributed by atoms with Crippen molar-refractivity contribution in [3.63, 3.8) is 0 Å². The molecule has 18 heavy (non-hydrogen) atoms. The van der Waals surface area contributed by atoms with Gasteiger partial charge in [0.25, 0.3) is 0 Å². The molecular formula is C13H18N4S. The van der Waals surface area contributed by atoms with E-state index in [-0.39, 0.29) is 0 Å². The van der Waals surface area contributed by atoms with Crippen LogP contribution in [-0.2, 0) is 5.75 Å². The van der Waals surface area contributed by atoms with E-state index in [2.05, 4.69) is 33.4 Å². The Balaban J connectivity index is 2.09. The summed E-state index contributed by atoms with van der Waals surface area (Å²) < 4.78 is 2.18. The number of aromatic nitrogens is 4. The summed E-state index contributed by atoms with van der Waals surface area (Å²) in [6.45, 7) is 8.30. The van der Waals surface area contributed by atoms with Gasteiger partial charge in [0.1, 0.15) is 5.82 Å². The highest BCUT2D eigenvalue weighted by Crippen LogP contribution is 2.20. The highest BCUT2D eigenvalue weighted by atomic mass is 32.2. The molecule has 0 saturated carbocycles. The third-order valence-corrected chi connectivity index (χ3v) is 3.44. The van der Waals surface area contributed by atoms with Crippen molar-refractivity contribution in [2.75, 3.05) is 0 Å². The SMILES string of the molecule is Cc1cc(C)nc(SCc2nccn2C(C)C)n1. The number of aryl methyl sites for hydroxylation is 2. The van der Waals surface area contributed by atoms with Crippen LogP contribution in [0.15, 0.2) is 23.6 Å². The molecule has 96 valence electrons. The Bertz CT molecular complexity index is 513. The van der Waals surface area contributed by atoms with Crippen molar-refractivity contribution in [1.82, 2.24) is 19.5 Å². The summed E-state index contributed by atoms with van der Waals surface area (Å²) in [6, 6.07) is 2.42. The fourth-order valence-electron chi connectivity index (χ4n) is 1.81. The van der Waals surface area contributed by atoms with E-state index in [1.165, 1.54) is 0 Å². The van der Waals surface area contributed by atoms with Crippen molar-refractivity contribution < 1.29 is 0 Å². The minimum atomic E-state index is 0.434. The van der Waals surface area contributed by atoms with Crippen LogP contribution in [0.4, 0.5) is 0 Å². The number of rotatable bonds is 4. The van der Waals surface area contributed by atoms with Gasteiger partial charge in [-0.3, -0.25) is 0 Å². The van der Waals surface area contributed by atoms with Crippen LogP contribution in [0.25, 0.3) is 0 Å². The number of hydrogen-bond acceptors (Lipinski definition) is 4. The molecule has 0 amide bonds. The molecular weight excluding hydrogens is 244 g/mol. The molecule has 0 aromatic carbocycles. The fourth-order valence-corrected chi connectivity index (χ4v) is 2.71. The summed E-state index contributed by atoms with van der Waals surface area (Å²) in [6.07, 6.45) is 3.86. The summed E-state index contributed by atoms with van der Waals surface area (Å²) in [5.74, 6) is 1.87. The monoisotopic (exact) mass is 262 g/mol. The molecule has 2 aromatic heterocycles. The van der Waals surface area contributed by atoms with Gasteiger partial charge in [0.15, 0.2) is 5.16 Å². The predicted octanol–water partition coefficient (Wildman–Crippen LogP) is 3.16. The molecule has 5 heteroatoms. The summed E-state index contributed by atoms with van der Waals surface area (Å²) >= 11 is 1.63. The van der Waals surface area contributed by atoms with Gasteiger partial charge in [0, 0.05) is 29.8 Å². The fraction of sp³-hybridized carbons (Fsp3) is 0.462. The molecule has 0 radical (unpaired) electrons. The molecule has 0 aliphatic heterocycles. The van der Waals surface area contributed by atoms with Gasteiger partial charge in [-0.25, -0.2) is 15.0 Å². The second kappa shape index (κ2) is 5.52. The zero-order valence-corrected chi connectivity index (χ0v) is 12.0. The van der Waals surface area contributed by atoms with Crippen molar-refractivity contribution in [2.45, 2.75) is 44.6 Å². The zero-order chi connectivity index (χ0) is 13.1. The van der Waals surface area contributed by atoms with Crippen LogP contribution in [0, 0.1) is 13.8 Å². The van der Waals surface area contributed by atoms with E-state index in [1.807, 2.05) is 32.3 Å². The second-order valence-electron chi connectivity index (χ2n) is 4.57. The number of nitrogens with zero attached hydrogens (tertiary/aromatic N) is 4. The Morgan fingerprint density at radius 1 is 1.22 bits per heavy atom. The molecule has 0 saturated heterocycles. The summed E-state index contributed by atoms with van der Waals surface area (Å²) in [4.78, 5) is 13.2. The summed E-state index contributed by atoms with van der Waals surface area (Å²) in [5.41, 5.74) is 2.02. The standard InChI is InChI=1S/C13H18N4S/c1-9(2)17-6-5-14-12(17)8-18-13-15-10(3)7-11(4)16-13/h5-7,9H,8H2,1-4H3. The molecule has 0 aliphatic carbocycles. The van der Waals surface area contributed by atoms with E-state index in [0.29, 0.717) is 6.04 Å². The lowest BCUT2D eigenvalue weighted by Gasteiger charge is -2.10. The average Bonchev–Trinajstić information content (AvgIpc) is 2.73. The topological polar surface area (TPSA) is 43.6 Å². The van der Waals surface area contributed by atoms with E-state index >= 15 is 0 Å². The molecule has 2 rings (SSSR count). The first-order chi connectivity index (χ1) is 8.56. The van der Waals surface area contributed by atoms with Crippen LogP contribution >= 0.6 is 11.8 Å². The summed E-state index contributed by atoms with van der Waals surface area (Å²) in [7, 11) is 0. The maximum Gasteiger partial charge on any atom is 0.188 e. The van der Waals surface area contributed by atoms with E-state index in [0.717, 1.165) is 28.1 Å². The smallest absolute Gasteiger partial charge is 0.188 e. The van der Waals surface area contributed by atoms with Crippen molar-refractivity contribution >= 4 is 11.8 Å². The third-order valence-electron chi connectivity index (χ3n) is 2.60. The normalized spacial score (nSPS) is 11.2. The minimum Gasteiger partial charge on any atom is -0.332 e. The van der Waals surface area contributed by atoms with Crippen LogP contribution in [0.3, 0.4) is 0 Å². The first-order valence-electron chi connectivity index (χ1n) is 6.03. The van der Waals surface area contributed by atoms with E-state index < -0.39 is 0 Å². The van der Waals surface area contributed by atoms with Crippen molar-refractivity contribution in [3.8, 4) is 0 Å². The molecule has 0 aliphatic rings. The van der Waals surface area contributed by atoms with Gasteiger partial charge in [-0.15, -0.1) is 0 Å². The van der Waals surface area contributed by atoms with Crippen LogP contribution in [0.5, 0.6) is 0 Å². The van der Waals surface area contributed by atoms with E-state index in [1.54, 1.807) is 11.8 Å². The van der Waals surface area contributed by atoms with Crippen LogP contribution < -0.4 is 0 Å². The highest BCUT2D eigenvalue weighted by molar-refractivity contribution is 7.98. The third kappa shape index (κ3) is 3.10. The Kier molecular flexibility index (Phi) is 4.01.